The lowest BCUT2D eigenvalue weighted by molar-refractivity contribution is -0.119. The van der Waals surface area contributed by atoms with Gasteiger partial charge in [-0.1, -0.05) is 25.1 Å². The maximum atomic E-state index is 13.0. The number of hydrogen-bond acceptors (Lipinski definition) is 6. The molecular weight excluding hydrogens is 368 g/mol. The van der Waals surface area contributed by atoms with Crippen LogP contribution in [0.15, 0.2) is 48.8 Å². The lowest BCUT2D eigenvalue weighted by Gasteiger charge is -2.28. The molecule has 0 saturated heterocycles. The first-order valence-corrected chi connectivity index (χ1v) is 9.65. The minimum atomic E-state index is -0.498. The highest BCUT2D eigenvalue weighted by atomic mass is 16.5. The first-order valence-electron chi connectivity index (χ1n) is 9.65. The molecule has 1 N–H and O–H groups in total. The van der Waals surface area contributed by atoms with Gasteiger partial charge in [-0.05, 0) is 24.7 Å². The molecule has 1 aliphatic rings. The highest BCUT2D eigenvalue weighted by Gasteiger charge is 2.26. The van der Waals surface area contributed by atoms with Crippen molar-refractivity contribution in [1.29, 1.82) is 0 Å². The molecule has 7 nitrogen and oxygen atoms in total. The number of para-hydroxylation sites is 1. The number of nitrogens with one attached hydrogen (secondary N) is 1. The highest BCUT2D eigenvalue weighted by molar-refractivity contribution is 6.06. The van der Waals surface area contributed by atoms with E-state index in [0.29, 0.717) is 17.8 Å². The van der Waals surface area contributed by atoms with Crippen molar-refractivity contribution < 1.29 is 14.3 Å². The second-order valence-electron chi connectivity index (χ2n) is 6.91. The molecule has 2 aromatic heterocycles. The summed E-state index contributed by atoms with van der Waals surface area (Å²) in [5, 5.41) is 3.44. The van der Waals surface area contributed by atoms with Gasteiger partial charge in [0.25, 0.3) is 5.91 Å². The number of anilines is 1. The van der Waals surface area contributed by atoms with E-state index in [1.165, 1.54) is 0 Å². The topological polar surface area (TPSA) is 84.4 Å². The Labute approximate surface area is 168 Å². The largest absolute Gasteiger partial charge is 0.452 e. The second-order valence-corrected chi connectivity index (χ2v) is 6.91. The van der Waals surface area contributed by atoms with Gasteiger partial charge < -0.3 is 10.1 Å². The minimum Gasteiger partial charge on any atom is -0.452 e. The number of benzene rings is 1. The molecule has 3 heterocycles. The summed E-state index contributed by atoms with van der Waals surface area (Å²) in [6, 6.07) is 10.9. The first-order chi connectivity index (χ1) is 14.2. The van der Waals surface area contributed by atoms with Gasteiger partial charge in [0, 0.05) is 54.2 Å². The van der Waals surface area contributed by atoms with Gasteiger partial charge in [0.1, 0.15) is 0 Å². The van der Waals surface area contributed by atoms with Crippen LogP contribution in [0.4, 0.5) is 5.69 Å². The number of aromatic nitrogens is 2. The normalized spacial score (nSPS) is 13.7. The van der Waals surface area contributed by atoms with Gasteiger partial charge in [-0.15, -0.1) is 0 Å². The van der Waals surface area contributed by atoms with Crippen LogP contribution in [-0.2, 0) is 22.5 Å². The summed E-state index contributed by atoms with van der Waals surface area (Å²) in [4.78, 5) is 36.1. The van der Waals surface area contributed by atoms with Crippen LogP contribution in [0, 0.1) is 0 Å². The van der Waals surface area contributed by atoms with Crippen molar-refractivity contribution in [3.05, 3.63) is 65.6 Å². The molecule has 3 aromatic rings. The zero-order valence-corrected chi connectivity index (χ0v) is 16.2. The van der Waals surface area contributed by atoms with E-state index in [4.69, 9.17) is 9.72 Å². The SMILES string of the molecule is CCN1CCc2nc3ccccc3c(C(=O)OCC(=O)Nc3ccncc3)c2C1. The fourth-order valence-corrected chi connectivity index (χ4v) is 3.58. The summed E-state index contributed by atoms with van der Waals surface area (Å²) in [7, 11) is 0. The van der Waals surface area contributed by atoms with Crippen molar-refractivity contribution in [1.82, 2.24) is 14.9 Å². The lowest BCUT2D eigenvalue weighted by Crippen LogP contribution is -2.32. The molecule has 7 heteroatoms. The maximum absolute atomic E-state index is 13.0. The number of hydrogen-bond donors (Lipinski definition) is 1. The standard InChI is InChI=1S/C22H22N4O3/c1-2-26-12-9-19-17(13-26)21(16-5-3-4-6-18(16)25-19)22(28)29-14-20(27)24-15-7-10-23-11-8-15/h3-8,10-11H,2,9,12-14H2,1H3,(H,23,24,27). The van der Waals surface area contributed by atoms with Crippen molar-refractivity contribution in [2.24, 2.45) is 0 Å². The number of carbonyl (C=O) groups excluding carboxylic acids is 2. The van der Waals surface area contributed by atoms with Crippen LogP contribution in [0.25, 0.3) is 10.9 Å². The Morgan fingerprint density at radius 1 is 1.17 bits per heavy atom. The number of carbonyl (C=O) groups is 2. The molecule has 148 valence electrons. The Morgan fingerprint density at radius 3 is 2.76 bits per heavy atom. The van der Waals surface area contributed by atoms with E-state index in [2.05, 4.69) is 22.1 Å². The highest BCUT2D eigenvalue weighted by Crippen LogP contribution is 2.28. The van der Waals surface area contributed by atoms with Crippen molar-refractivity contribution in [3.8, 4) is 0 Å². The minimum absolute atomic E-state index is 0.357. The van der Waals surface area contributed by atoms with Crippen molar-refractivity contribution in [2.75, 3.05) is 25.0 Å². The van der Waals surface area contributed by atoms with Crippen molar-refractivity contribution in [3.63, 3.8) is 0 Å². The molecule has 0 fully saturated rings. The Bertz CT molecular complexity index is 1050. The zero-order chi connectivity index (χ0) is 20.2. The van der Waals surface area contributed by atoms with E-state index in [1.807, 2.05) is 24.3 Å². The maximum Gasteiger partial charge on any atom is 0.339 e. The van der Waals surface area contributed by atoms with E-state index < -0.39 is 11.9 Å². The third-order valence-corrected chi connectivity index (χ3v) is 5.08. The van der Waals surface area contributed by atoms with E-state index in [9.17, 15) is 9.59 Å². The van der Waals surface area contributed by atoms with Gasteiger partial charge in [0.2, 0.25) is 0 Å². The molecule has 0 atom stereocenters. The lowest BCUT2D eigenvalue weighted by atomic mass is 9.96. The third-order valence-electron chi connectivity index (χ3n) is 5.08. The molecule has 29 heavy (non-hydrogen) atoms. The number of pyridine rings is 2. The van der Waals surface area contributed by atoms with Gasteiger partial charge in [0.05, 0.1) is 11.1 Å². The summed E-state index contributed by atoms with van der Waals surface area (Å²) in [5.41, 5.74) is 3.72. The van der Waals surface area contributed by atoms with Crippen LogP contribution < -0.4 is 5.32 Å². The molecule has 0 saturated carbocycles. The van der Waals surface area contributed by atoms with E-state index in [0.717, 1.165) is 41.7 Å². The number of nitrogens with zero attached hydrogens (tertiary/aromatic N) is 3. The first kappa shape index (κ1) is 19.0. The van der Waals surface area contributed by atoms with Gasteiger partial charge in [-0.2, -0.15) is 0 Å². The van der Waals surface area contributed by atoms with Gasteiger partial charge >= 0.3 is 5.97 Å². The fraction of sp³-hybridized carbons (Fsp3) is 0.273. The smallest absolute Gasteiger partial charge is 0.339 e. The number of esters is 1. The molecule has 1 aliphatic heterocycles. The fourth-order valence-electron chi connectivity index (χ4n) is 3.58. The number of ether oxygens (including phenoxy) is 1. The van der Waals surface area contributed by atoms with Gasteiger partial charge in [-0.25, -0.2) is 4.79 Å². The quantitative estimate of drug-likeness (QED) is 0.675. The monoisotopic (exact) mass is 390 g/mol. The average molecular weight is 390 g/mol. The van der Waals surface area contributed by atoms with Crippen LogP contribution >= 0.6 is 0 Å². The number of amides is 1. The summed E-state index contributed by atoms with van der Waals surface area (Å²) in [5.74, 6) is -0.894. The van der Waals surface area contributed by atoms with Crippen LogP contribution in [-0.4, -0.2) is 46.4 Å². The molecule has 0 aliphatic carbocycles. The molecule has 0 radical (unpaired) electrons. The molecule has 0 unspecified atom stereocenters. The van der Waals surface area contributed by atoms with E-state index in [1.54, 1.807) is 24.5 Å². The summed E-state index contributed by atoms with van der Waals surface area (Å²) in [6.45, 7) is 4.20. The summed E-state index contributed by atoms with van der Waals surface area (Å²) in [6.07, 6.45) is 3.95. The molecule has 0 bridgehead atoms. The number of fused-ring (bicyclic) bond motifs is 2. The Balaban J connectivity index is 1.59. The van der Waals surface area contributed by atoms with Crippen molar-refractivity contribution >= 4 is 28.5 Å². The molecule has 4 rings (SSSR count). The predicted octanol–water partition coefficient (Wildman–Crippen LogP) is 2.80. The molecular formula is C22H22N4O3. The van der Waals surface area contributed by atoms with E-state index >= 15 is 0 Å². The molecule has 1 amide bonds. The number of rotatable bonds is 5. The predicted molar refractivity (Wildman–Crippen MR) is 110 cm³/mol. The van der Waals surface area contributed by atoms with Crippen LogP contribution in [0.1, 0.15) is 28.5 Å². The summed E-state index contributed by atoms with van der Waals surface area (Å²) < 4.78 is 5.39. The Morgan fingerprint density at radius 2 is 1.97 bits per heavy atom. The van der Waals surface area contributed by atoms with Crippen molar-refractivity contribution in [2.45, 2.75) is 19.9 Å². The van der Waals surface area contributed by atoms with Crippen LogP contribution in [0.2, 0.25) is 0 Å². The molecule has 0 spiro atoms. The summed E-state index contributed by atoms with van der Waals surface area (Å²) >= 11 is 0. The average Bonchev–Trinajstić information content (AvgIpc) is 2.76. The van der Waals surface area contributed by atoms with Gasteiger partial charge in [0.15, 0.2) is 6.61 Å². The Hall–Kier alpha value is -3.32. The van der Waals surface area contributed by atoms with Gasteiger partial charge in [-0.3, -0.25) is 19.7 Å². The van der Waals surface area contributed by atoms with E-state index in [-0.39, 0.29) is 6.61 Å². The third kappa shape index (κ3) is 4.09. The zero-order valence-electron chi connectivity index (χ0n) is 16.2. The molecule has 1 aromatic carbocycles. The second kappa shape index (κ2) is 8.36. The number of likely N-dealkylation sites (N-methyl/N-ethyl adjacent to an activating group) is 1. The van der Waals surface area contributed by atoms with Crippen LogP contribution in [0.5, 0.6) is 0 Å². The Kier molecular flexibility index (Phi) is 5.48. The van der Waals surface area contributed by atoms with Crippen LogP contribution in [0.3, 0.4) is 0 Å².